The van der Waals surface area contributed by atoms with E-state index in [1.54, 1.807) is 0 Å². The van der Waals surface area contributed by atoms with E-state index in [0.717, 1.165) is 51.4 Å². The number of nitrogens with zero attached hydrogens (tertiary/aromatic N) is 2. The highest BCUT2D eigenvalue weighted by molar-refractivity contribution is 5.77. The Morgan fingerprint density at radius 3 is 1.06 bits per heavy atom. The van der Waals surface area contributed by atoms with Crippen molar-refractivity contribution in [3.05, 3.63) is 0 Å². The zero-order chi connectivity index (χ0) is 50.6. The molecular weight excluding hydrogens is 829 g/mol. The van der Waals surface area contributed by atoms with Gasteiger partial charge in [-0.05, 0) is 176 Å². The Morgan fingerprint density at radius 2 is 0.738 bits per heavy atom. The third-order valence-corrected chi connectivity index (χ3v) is 13.6. The number of hydrogen-bond donors (Lipinski definition) is 14. The number of likely N-dealkylation sites (tertiary alicyclic amines) is 2. The molecule has 0 aromatic heterocycles. The Kier molecular flexibility index (Phi) is 22.1. The van der Waals surface area contributed by atoms with Crippen molar-refractivity contribution >= 4 is 23.9 Å². The highest BCUT2D eigenvalue weighted by atomic mass is 16.2. The van der Waals surface area contributed by atoms with Crippen LogP contribution in [0.5, 0.6) is 0 Å². The van der Waals surface area contributed by atoms with Crippen LogP contribution in [0, 0.1) is 0 Å². The van der Waals surface area contributed by atoms with E-state index in [-0.39, 0.29) is 86.8 Å². The number of amides is 6. The van der Waals surface area contributed by atoms with Crippen LogP contribution in [-0.4, -0.2) is 129 Å². The van der Waals surface area contributed by atoms with Gasteiger partial charge in [0.05, 0.1) is 6.54 Å². The quantitative estimate of drug-likeness (QED) is 0.0892. The van der Waals surface area contributed by atoms with Crippen molar-refractivity contribution < 1.29 is 19.2 Å². The normalized spacial score (nSPS) is 24.4. The van der Waals surface area contributed by atoms with Gasteiger partial charge in [0.15, 0.2) is 0 Å². The van der Waals surface area contributed by atoms with E-state index in [1.165, 1.54) is 0 Å². The lowest BCUT2D eigenvalue weighted by Gasteiger charge is -2.53. The maximum atomic E-state index is 11.2. The van der Waals surface area contributed by atoms with Crippen molar-refractivity contribution in [2.45, 2.75) is 237 Å². The van der Waals surface area contributed by atoms with Gasteiger partial charge in [-0.2, -0.15) is 0 Å². The summed E-state index contributed by atoms with van der Waals surface area (Å²) in [6.45, 7) is 36.2. The number of hydrazine groups is 4. The maximum Gasteiger partial charge on any atom is 0.329 e. The van der Waals surface area contributed by atoms with E-state index < -0.39 is 0 Å². The summed E-state index contributed by atoms with van der Waals surface area (Å²) < 4.78 is 0. The van der Waals surface area contributed by atoms with E-state index in [9.17, 15) is 19.2 Å². The second-order valence-electron chi connectivity index (χ2n) is 24.0. The van der Waals surface area contributed by atoms with E-state index in [4.69, 9.17) is 23.4 Å². The largest absolute Gasteiger partial charge is 0.334 e. The fraction of sp³-hybridized carbons (Fsp3) is 0.911. The summed E-state index contributed by atoms with van der Waals surface area (Å²) >= 11 is 0. The van der Waals surface area contributed by atoms with Crippen LogP contribution >= 0.6 is 0 Å². The molecule has 0 aromatic rings. The van der Waals surface area contributed by atoms with Crippen molar-refractivity contribution in [1.29, 1.82) is 0 Å². The number of rotatable bonds is 9. The smallest absolute Gasteiger partial charge is 0.329 e. The van der Waals surface area contributed by atoms with Gasteiger partial charge in [0.1, 0.15) is 0 Å². The van der Waals surface area contributed by atoms with Crippen molar-refractivity contribution in [3.63, 3.8) is 0 Å². The monoisotopic (exact) mass is 927 g/mol. The summed E-state index contributed by atoms with van der Waals surface area (Å²) in [6.07, 6.45) is 8.31. The summed E-state index contributed by atoms with van der Waals surface area (Å²) in [5.41, 5.74) is 9.27. The molecule has 4 fully saturated rings. The molecule has 6 amide bonds. The van der Waals surface area contributed by atoms with Gasteiger partial charge >= 0.3 is 12.1 Å². The first kappa shape index (κ1) is 60.1. The molecule has 18 N–H and O–H groups in total. The molecule has 4 aliphatic rings. The summed E-state index contributed by atoms with van der Waals surface area (Å²) in [7, 11) is 4.33. The molecule has 382 valence electrons. The fourth-order valence-corrected chi connectivity index (χ4v) is 11.1. The molecule has 4 rings (SSSR count). The summed E-state index contributed by atoms with van der Waals surface area (Å²) in [6, 6.07) is 0.527. The van der Waals surface area contributed by atoms with Gasteiger partial charge in [-0.15, -0.1) is 0 Å². The predicted octanol–water partition coefficient (Wildman–Crippen LogP) is 1.76. The van der Waals surface area contributed by atoms with Gasteiger partial charge in [-0.3, -0.25) is 41.1 Å². The molecule has 0 atom stereocenters. The molecule has 0 aliphatic carbocycles. The average molecular weight is 927 g/mol. The fourth-order valence-electron chi connectivity index (χ4n) is 11.1. The molecule has 0 spiro atoms. The molecule has 0 radical (unpaired) electrons. The first-order chi connectivity index (χ1) is 29.4. The van der Waals surface area contributed by atoms with Crippen LogP contribution in [0.4, 0.5) is 9.59 Å². The molecule has 4 aliphatic heterocycles. The minimum atomic E-state index is -0.312. The minimum absolute atomic E-state index is 0.0360. The third-order valence-electron chi connectivity index (χ3n) is 13.6. The Morgan fingerprint density at radius 1 is 0.446 bits per heavy atom. The average Bonchev–Trinajstić information content (AvgIpc) is 3.12. The Bertz CT molecular complexity index is 1460. The van der Waals surface area contributed by atoms with Crippen LogP contribution in [0.25, 0.3) is 0 Å². The van der Waals surface area contributed by atoms with Crippen LogP contribution in [-0.2, 0) is 9.59 Å². The van der Waals surface area contributed by atoms with E-state index in [0.29, 0.717) is 25.0 Å². The van der Waals surface area contributed by atoms with Crippen LogP contribution < -0.4 is 77.0 Å². The first-order valence-corrected chi connectivity index (χ1v) is 23.4. The highest BCUT2D eigenvalue weighted by Gasteiger charge is 2.45. The molecule has 0 bridgehead atoms. The maximum absolute atomic E-state index is 11.2. The van der Waals surface area contributed by atoms with Crippen molar-refractivity contribution in [1.82, 2.24) is 63.4 Å². The molecule has 65 heavy (non-hydrogen) atoms. The molecule has 0 saturated carbocycles. The number of urea groups is 2. The van der Waals surface area contributed by atoms with E-state index >= 15 is 0 Å². The minimum Gasteiger partial charge on any atom is -0.334 e. The zero-order valence-corrected chi connectivity index (χ0v) is 43.9. The van der Waals surface area contributed by atoms with Gasteiger partial charge in [-0.25, -0.2) is 33.0 Å². The molecular formula is C45H98N16O4. The second-order valence-corrected chi connectivity index (χ2v) is 24.0. The highest BCUT2D eigenvalue weighted by Crippen LogP contribution is 2.38. The van der Waals surface area contributed by atoms with Crippen LogP contribution in [0.15, 0.2) is 0 Å². The number of carbonyl (C=O) groups excluding carboxylic acids is 4. The van der Waals surface area contributed by atoms with Gasteiger partial charge in [0, 0.05) is 81.4 Å². The molecule has 0 aromatic carbocycles. The van der Waals surface area contributed by atoms with Gasteiger partial charge < -0.3 is 31.9 Å². The zero-order valence-electron chi connectivity index (χ0n) is 43.9. The Balaban J connectivity index is 0.000000434. The number of nitrogens with one attached hydrogen (secondary N) is 10. The van der Waals surface area contributed by atoms with Crippen LogP contribution in [0.3, 0.4) is 0 Å². The predicted molar refractivity (Wildman–Crippen MR) is 264 cm³/mol. The molecule has 4 heterocycles. The van der Waals surface area contributed by atoms with Crippen LogP contribution in [0.2, 0.25) is 0 Å². The first-order valence-electron chi connectivity index (χ1n) is 23.4. The SMILES string of the molecule is CC1(C)CC(NC(=O)NN)CC(C)(C)N1.CC1(C)CC(NCC(=O)NN)CC(C)(C)N1.CN1C(C)(C)CC(NC(=O)NN)CC1(C)C.CN1C(C)(C)CC(NCCC(=O)NN)CC1(C)C. The second kappa shape index (κ2) is 23.9. The van der Waals surface area contributed by atoms with Gasteiger partial charge in [0.25, 0.3) is 0 Å². The number of nitrogens with two attached hydrogens (primary N) is 4. The standard InChI is InChI=1S/C13H28N4O.2C11H24N4O.C10H22N4O/c1-12(2)8-10(9-13(3,4)17(12)5)15-7-6-11(18)16-14;1-10(2)6-8(13-9(16)14-12)7-11(3,4)15(10)5;1-10(2)5-8(6-11(3,4)15-10)13-7-9(16)14-12;1-9(2)5-7(12-8(15)13-11)6-10(3,4)14-9/h10,15H,6-9,14H2,1-5H3,(H,16,18);8H,6-7,12H2,1-5H3,(H2,13,14,16);8,13,15H,5-7,12H2,1-4H3,(H,14,16);7,14H,5-6,11H2,1-4H3,(H2,12,13,15). The summed E-state index contributed by atoms with van der Waals surface area (Å²) in [5.74, 6) is 19.9. The van der Waals surface area contributed by atoms with Crippen molar-refractivity contribution in [2.75, 3.05) is 27.2 Å². The molecule has 4 saturated heterocycles. The Labute approximate surface area is 393 Å². The molecule has 20 heteroatoms. The molecule has 20 nitrogen and oxygen atoms in total. The number of piperidine rings is 4. The number of carbonyl (C=O) groups is 4. The summed E-state index contributed by atoms with van der Waals surface area (Å²) in [5, 5.41) is 19.6. The third kappa shape index (κ3) is 21.3. The van der Waals surface area contributed by atoms with E-state index in [1.807, 2.05) is 0 Å². The van der Waals surface area contributed by atoms with Gasteiger partial charge in [-0.1, -0.05) is 0 Å². The number of hydrogen-bond acceptors (Lipinski definition) is 14. The van der Waals surface area contributed by atoms with Crippen LogP contribution in [0.1, 0.15) is 169 Å². The molecule has 0 unspecified atom stereocenters. The lowest BCUT2D eigenvalue weighted by Crippen LogP contribution is -2.63. The Hall–Kier alpha value is -2.92. The lowest BCUT2D eigenvalue weighted by atomic mass is 9.77. The van der Waals surface area contributed by atoms with E-state index in [2.05, 4.69) is 188 Å². The van der Waals surface area contributed by atoms with Gasteiger partial charge in [0.2, 0.25) is 11.8 Å². The topological polar surface area (TPSA) is 299 Å². The lowest BCUT2D eigenvalue weighted by molar-refractivity contribution is -0.121. The van der Waals surface area contributed by atoms with Crippen molar-refractivity contribution in [3.8, 4) is 0 Å². The summed E-state index contributed by atoms with van der Waals surface area (Å²) in [4.78, 5) is 49.3. The van der Waals surface area contributed by atoms with Crippen molar-refractivity contribution in [2.24, 2.45) is 23.4 Å².